The maximum atomic E-state index is 10.7. The second-order valence-electron chi connectivity index (χ2n) is 3.56. The molecule has 0 aromatic heterocycles. The van der Waals surface area contributed by atoms with Gasteiger partial charge in [-0.15, -0.1) is 0 Å². The van der Waals surface area contributed by atoms with E-state index in [4.69, 9.17) is 0 Å². The van der Waals surface area contributed by atoms with Crippen molar-refractivity contribution in [2.24, 2.45) is 0 Å². The molecule has 2 nitrogen and oxygen atoms in total. The quantitative estimate of drug-likeness (QED) is 0.745. The summed E-state index contributed by atoms with van der Waals surface area (Å²) >= 11 is 0. The lowest BCUT2D eigenvalue weighted by atomic mass is 9.91. The monoisotopic (exact) mass is 200 g/mol. The molecular formula is C13H12O2. The summed E-state index contributed by atoms with van der Waals surface area (Å²) in [7, 11) is 0. The van der Waals surface area contributed by atoms with E-state index in [9.17, 15) is 9.90 Å². The fourth-order valence-electron chi connectivity index (χ4n) is 1.79. The topological polar surface area (TPSA) is 37.3 Å². The largest absolute Gasteiger partial charge is 0.507 e. The van der Waals surface area contributed by atoms with Crippen molar-refractivity contribution in [3.8, 4) is 5.75 Å². The van der Waals surface area contributed by atoms with Crippen LogP contribution in [0.5, 0.6) is 5.75 Å². The zero-order valence-electron chi connectivity index (χ0n) is 8.26. The summed E-state index contributed by atoms with van der Waals surface area (Å²) in [4.78, 5) is 10.7. The first kappa shape index (κ1) is 9.71. The molecule has 1 atom stereocenters. The van der Waals surface area contributed by atoms with Crippen molar-refractivity contribution in [2.75, 3.05) is 0 Å². The predicted octanol–water partition coefficient (Wildman–Crippen LogP) is 2.80. The average Bonchev–Trinajstić information content (AvgIpc) is 2.30. The third-order valence-electron chi connectivity index (χ3n) is 2.61. The number of carbonyl (C=O) groups excluding carboxylic acids is 1. The number of rotatable bonds is 2. The Bertz CT molecular complexity index is 430. The maximum Gasteiger partial charge on any atom is 0.153 e. The Morgan fingerprint density at radius 2 is 2.20 bits per heavy atom. The van der Waals surface area contributed by atoms with Crippen molar-refractivity contribution in [2.45, 2.75) is 12.3 Å². The molecule has 15 heavy (non-hydrogen) atoms. The van der Waals surface area contributed by atoms with Crippen LogP contribution in [-0.2, 0) is 0 Å². The van der Waals surface area contributed by atoms with Crippen LogP contribution in [0.4, 0.5) is 0 Å². The molecule has 0 saturated heterocycles. The Balaban J connectivity index is 2.39. The van der Waals surface area contributed by atoms with Gasteiger partial charge in [-0.25, -0.2) is 0 Å². The van der Waals surface area contributed by atoms with Gasteiger partial charge in [-0.1, -0.05) is 36.4 Å². The Morgan fingerprint density at radius 1 is 1.33 bits per heavy atom. The van der Waals surface area contributed by atoms with Crippen LogP contribution in [-0.4, -0.2) is 11.4 Å². The van der Waals surface area contributed by atoms with Crippen LogP contribution in [0.2, 0.25) is 0 Å². The minimum Gasteiger partial charge on any atom is -0.507 e. The van der Waals surface area contributed by atoms with Gasteiger partial charge in [0.1, 0.15) is 5.75 Å². The number of aromatic hydroxyl groups is 1. The first-order valence-electron chi connectivity index (χ1n) is 4.93. The smallest absolute Gasteiger partial charge is 0.153 e. The summed E-state index contributed by atoms with van der Waals surface area (Å²) in [6.07, 6.45) is 9.58. The normalized spacial score (nSPS) is 19.1. The molecule has 0 spiro atoms. The van der Waals surface area contributed by atoms with E-state index >= 15 is 0 Å². The summed E-state index contributed by atoms with van der Waals surface area (Å²) in [5.74, 6) is 0.285. The number of para-hydroxylation sites is 1. The average molecular weight is 200 g/mol. The molecule has 1 aliphatic carbocycles. The Hall–Kier alpha value is -1.83. The van der Waals surface area contributed by atoms with E-state index in [1.807, 2.05) is 24.3 Å². The SMILES string of the molecule is O=Cc1cccc(C2C=CC=CC2)c1O. The number of hydrogen-bond donors (Lipinski definition) is 1. The molecule has 1 unspecified atom stereocenters. The van der Waals surface area contributed by atoms with Gasteiger partial charge in [0.15, 0.2) is 6.29 Å². The summed E-state index contributed by atoms with van der Waals surface area (Å²) in [5.41, 5.74) is 1.18. The van der Waals surface area contributed by atoms with Crippen LogP contribution >= 0.6 is 0 Å². The van der Waals surface area contributed by atoms with Crippen molar-refractivity contribution < 1.29 is 9.90 Å². The summed E-state index contributed by atoms with van der Waals surface area (Å²) < 4.78 is 0. The molecule has 0 aliphatic heterocycles. The molecule has 1 aromatic rings. The summed E-state index contributed by atoms with van der Waals surface area (Å²) in [6.45, 7) is 0. The van der Waals surface area contributed by atoms with Gasteiger partial charge in [-0.3, -0.25) is 4.79 Å². The van der Waals surface area contributed by atoms with Gasteiger partial charge in [0.2, 0.25) is 0 Å². The highest BCUT2D eigenvalue weighted by Gasteiger charge is 2.14. The second-order valence-corrected chi connectivity index (χ2v) is 3.56. The van der Waals surface area contributed by atoms with Crippen LogP contribution in [0.15, 0.2) is 42.5 Å². The van der Waals surface area contributed by atoms with E-state index in [0.717, 1.165) is 12.0 Å². The van der Waals surface area contributed by atoms with Gasteiger partial charge in [0.25, 0.3) is 0 Å². The molecule has 1 aliphatic rings. The molecule has 1 aromatic carbocycles. The van der Waals surface area contributed by atoms with Crippen molar-refractivity contribution >= 4 is 6.29 Å². The van der Waals surface area contributed by atoms with Crippen LogP contribution in [0.1, 0.15) is 28.3 Å². The number of aldehydes is 1. The van der Waals surface area contributed by atoms with Gasteiger partial charge in [0, 0.05) is 11.5 Å². The first-order chi connectivity index (χ1) is 7.33. The summed E-state index contributed by atoms with van der Waals surface area (Å²) in [6, 6.07) is 5.27. The van der Waals surface area contributed by atoms with Crippen LogP contribution in [0.3, 0.4) is 0 Å². The minimum absolute atomic E-state index is 0.109. The van der Waals surface area contributed by atoms with Gasteiger partial charge in [-0.2, -0.15) is 0 Å². The van der Waals surface area contributed by atoms with Crippen LogP contribution < -0.4 is 0 Å². The van der Waals surface area contributed by atoms with E-state index < -0.39 is 0 Å². The zero-order chi connectivity index (χ0) is 10.7. The highest BCUT2D eigenvalue weighted by atomic mass is 16.3. The molecule has 1 N–H and O–H groups in total. The number of hydrogen-bond acceptors (Lipinski definition) is 2. The highest BCUT2D eigenvalue weighted by molar-refractivity contribution is 5.80. The Labute approximate surface area is 88.6 Å². The Kier molecular flexibility index (Phi) is 2.68. The first-order valence-corrected chi connectivity index (χ1v) is 4.93. The van der Waals surface area contributed by atoms with E-state index in [-0.39, 0.29) is 11.7 Å². The molecule has 0 fully saturated rings. The third kappa shape index (κ3) is 1.84. The van der Waals surface area contributed by atoms with Gasteiger partial charge >= 0.3 is 0 Å². The lowest BCUT2D eigenvalue weighted by Crippen LogP contribution is -1.98. The van der Waals surface area contributed by atoms with Crippen molar-refractivity contribution in [1.29, 1.82) is 0 Å². The van der Waals surface area contributed by atoms with Gasteiger partial charge in [-0.05, 0) is 12.5 Å². The van der Waals surface area contributed by atoms with E-state index in [0.29, 0.717) is 11.8 Å². The lowest BCUT2D eigenvalue weighted by Gasteiger charge is -2.15. The molecule has 76 valence electrons. The fraction of sp³-hybridized carbons (Fsp3) is 0.154. The van der Waals surface area contributed by atoms with E-state index in [2.05, 4.69) is 6.08 Å². The standard InChI is InChI=1S/C13H12O2/c14-9-11-7-4-8-12(13(11)15)10-5-2-1-3-6-10/h1-5,7-10,15H,6H2. The molecular weight excluding hydrogens is 188 g/mol. The summed E-state index contributed by atoms with van der Waals surface area (Å²) in [5, 5.41) is 9.85. The fourth-order valence-corrected chi connectivity index (χ4v) is 1.79. The highest BCUT2D eigenvalue weighted by Crippen LogP contribution is 2.32. The van der Waals surface area contributed by atoms with E-state index in [1.165, 1.54) is 0 Å². The number of carbonyl (C=O) groups is 1. The zero-order valence-corrected chi connectivity index (χ0v) is 8.26. The van der Waals surface area contributed by atoms with Gasteiger partial charge in [0.05, 0.1) is 5.56 Å². The number of phenolic OH excluding ortho intramolecular Hbond substituents is 1. The Morgan fingerprint density at radius 3 is 2.87 bits per heavy atom. The molecule has 2 heteroatoms. The number of phenols is 1. The van der Waals surface area contributed by atoms with Crippen LogP contribution in [0.25, 0.3) is 0 Å². The number of benzene rings is 1. The molecule has 0 saturated carbocycles. The lowest BCUT2D eigenvalue weighted by molar-refractivity contribution is 0.112. The minimum atomic E-state index is 0.109. The van der Waals surface area contributed by atoms with E-state index in [1.54, 1.807) is 12.1 Å². The number of allylic oxidation sites excluding steroid dienone is 4. The molecule has 0 amide bonds. The van der Waals surface area contributed by atoms with Crippen molar-refractivity contribution in [1.82, 2.24) is 0 Å². The maximum absolute atomic E-state index is 10.7. The molecule has 0 radical (unpaired) electrons. The van der Waals surface area contributed by atoms with Gasteiger partial charge < -0.3 is 5.11 Å². The third-order valence-corrected chi connectivity index (χ3v) is 2.61. The second kappa shape index (κ2) is 4.13. The van der Waals surface area contributed by atoms with Crippen molar-refractivity contribution in [3.05, 3.63) is 53.6 Å². The van der Waals surface area contributed by atoms with Crippen molar-refractivity contribution in [3.63, 3.8) is 0 Å². The molecule has 0 bridgehead atoms. The van der Waals surface area contributed by atoms with Crippen LogP contribution in [0, 0.1) is 0 Å². The molecule has 0 heterocycles. The predicted molar refractivity (Wildman–Crippen MR) is 59.1 cm³/mol. The molecule has 2 rings (SSSR count).